The molecule has 0 unspecified atom stereocenters. The smallest absolute Gasteiger partial charge is 0.339 e. The molecule has 0 atom stereocenters. The normalized spacial score (nSPS) is 21.5. The summed E-state index contributed by atoms with van der Waals surface area (Å²) in [4.78, 5) is 40.0. The number of benzene rings is 2. The van der Waals surface area contributed by atoms with Gasteiger partial charge >= 0.3 is 5.97 Å². The second-order valence-corrected chi connectivity index (χ2v) is 10.0. The second kappa shape index (κ2) is 10.2. The Morgan fingerprint density at radius 3 is 2.35 bits per heavy atom. The molecule has 2 aliphatic rings. The first-order chi connectivity index (χ1) is 17.8. The molecule has 2 N–H and O–H groups in total. The van der Waals surface area contributed by atoms with E-state index in [-0.39, 0.29) is 24.8 Å². The molecule has 192 valence electrons. The van der Waals surface area contributed by atoms with Crippen molar-refractivity contribution in [2.45, 2.75) is 57.1 Å². The summed E-state index contributed by atoms with van der Waals surface area (Å²) in [6.45, 7) is 3.51. The van der Waals surface area contributed by atoms with Crippen LogP contribution in [0.3, 0.4) is 0 Å². The maximum atomic E-state index is 13.1. The fraction of sp³-hybridized carbons (Fsp3) is 0.393. The Balaban J connectivity index is 1.27. The van der Waals surface area contributed by atoms with E-state index in [4.69, 9.17) is 10.5 Å². The number of hydrogen-bond acceptors (Lipinski definition) is 6. The molecule has 1 aliphatic heterocycles. The molecule has 1 saturated carbocycles. The van der Waals surface area contributed by atoms with Crippen molar-refractivity contribution < 1.29 is 19.1 Å². The maximum absolute atomic E-state index is 13.1. The average molecular weight is 502 g/mol. The molecule has 1 aromatic heterocycles. The van der Waals surface area contributed by atoms with Gasteiger partial charge in [0.15, 0.2) is 11.3 Å². The zero-order valence-corrected chi connectivity index (χ0v) is 20.9. The predicted octanol–water partition coefficient (Wildman–Crippen LogP) is 3.69. The molecule has 1 aliphatic carbocycles. The number of aromatic nitrogens is 3. The SMILES string of the molecule is Cc1cccc(-c2cccc(C(=O)OC3(C(N)=O)CCC(n4cc(C(=O)N5CCCC5)nn4)CC3)c2)c1. The Kier molecular flexibility index (Phi) is 6.78. The van der Waals surface area contributed by atoms with Crippen molar-refractivity contribution in [3.05, 3.63) is 71.5 Å². The largest absolute Gasteiger partial charge is 0.445 e. The number of hydrogen-bond donors (Lipinski definition) is 1. The number of nitrogens with two attached hydrogens (primary N) is 1. The molecule has 0 bridgehead atoms. The van der Waals surface area contributed by atoms with E-state index in [0.717, 1.165) is 42.6 Å². The van der Waals surface area contributed by atoms with Crippen molar-refractivity contribution in [1.82, 2.24) is 19.9 Å². The van der Waals surface area contributed by atoms with Crippen LogP contribution in [0.5, 0.6) is 0 Å². The van der Waals surface area contributed by atoms with Crippen LogP contribution < -0.4 is 5.73 Å². The van der Waals surface area contributed by atoms with Crippen molar-refractivity contribution >= 4 is 17.8 Å². The van der Waals surface area contributed by atoms with Crippen LogP contribution in [0.15, 0.2) is 54.7 Å². The van der Waals surface area contributed by atoms with E-state index >= 15 is 0 Å². The highest BCUT2D eigenvalue weighted by molar-refractivity contribution is 5.95. The van der Waals surface area contributed by atoms with Gasteiger partial charge in [0.1, 0.15) is 0 Å². The van der Waals surface area contributed by atoms with Gasteiger partial charge in [-0.2, -0.15) is 0 Å². The van der Waals surface area contributed by atoms with Crippen molar-refractivity contribution in [3.8, 4) is 11.1 Å². The van der Waals surface area contributed by atoms with E-state index in [1.165, 1.54) is 0 Å². The Labute approximate surface area is 215 Å². The molecular formula is C28H31N5O4. The van der Waals surface area contributed by atoms with Crippen LogP contribution in [0, 0.1) is 6.92 Å². The minimum absolute atomic E-state index is 0.0662. The number of primary amides is 1. The summed E-state index contributed by atoms with van der Waals surface area (Å²) < 4.78 is 7.50. The van der Waals surface area contributed by atoms with Crippen LogP contribution >= 0.6 is 0 Å². The topological polar surface area (TPSA) is 120 Å². The predicted molar refractivity (Wildman–Crippen MR) is 137 cm³/mol. The maximum Gasteiger partial charge on any atom is 0.339 e. The van der Waals surface area contributed by atoms with Crippen LogP contribution in [-0.2, 0) is 9.53 Å². The Bertz CT molecular complexity index is 1320. The number of rotatable bonds is 6. The molecule has 0 radical (unpaired) electrons. The minimum atomic E-state index is -1.39. The second-order valence-electron chi connectivity index (χ2n) is 10.0. The summed E-state index contributed by atoms with van der Waals surface area (Å²) in [5.74, 6) is -1.34. The number of esters is 1. The van der Waals surface area contributed by atoms with Crippen LogP contribution in [-0.4, -0.2) is 56.4 Å². The Hall–Kier alpha value is -4.01. The monoisotopic (exact) mass is 501 g/mol. The van der Waals surface area contributed by atoms with E-state index in [2.05, 4.69) is 10.3 Å². The molecule has 2 fully saturated rings. The molecule has 2 aromatic carbocycles. The lowest BCUT2D eigenvalue weighted by atomic mass is 9.81. The highest BCUT2D eigenvalue weighted by Crippen LogP contribution is 2.38. The number of likely N-dealkylation sites (tertiary alicyclic amines) is 1. The molecule has 0 spiro atoms. The lowest BCUT2D eigenvalue weighted by Gasteiger charge is -2.36. The van der Waals surface area contributed by atoms with Gasteiger partial charge in [-0.1, -0.05) is 47.2 Å². The average Bonchev–Trinajstić information content (AvgIpc) is 3.62. The zero-order valence-electron chi connectivity index (χ0n) is 20.9. The van der Waals surface area contributed by atoms with Crippen molar-refractivity contribution in [3.63, 3.8) is 0 Å². The molecule has 5 rings (SSSR count). The van der Waals surface area contributed by atoms with E-state index in [0.29, 0.717) is 24.1 Å². The first-order valence-corrected chi connectivity index (χ1v) is 12.8. The molecule has 3 aromatic rings. The Morgan fingerprint density at radius 2 is 1.68 bits per heavy atom. The quantitative estimate of drug-likeness (QED) is 0.515. The molecule has 2 amide bonds. The molecule has 9 nitrogen and oxygen atoms in total. The summed E-state index contributed by atoms with van der Waals surface area (Å²) in [5, 5.41) is 8.25. The molecule has 2 heterocycles. The summed E-state index contributed by atoms with van der Waals surface area (Å²) in [7, 11) is 0. The first kappa shape index (κ1) is 24.7. The third kappa shape index (κ3) is 5.12. The summed E-state index contributed by atoms with van der Waals surface area (Å²) in [6, 6.07) is 15.1. The zero-order chi connectivity index (χ0) is 26.0. The molecule has 9 heteroatoms. The standard InChI is InChI=1S/C28H31N5O4/c1-19-6-4-7-20(16-19)21-8-5-9-22(17-21)26(35)37-28(27(29)36)12-10-23(11-13-28)33-18-24(30-31-33)25(34)32-14-2-3-15-32/h4-9,16-18,23H,2-3,10-15H2,1H3,(H2,29,36). The van der Waals surface area contributed by atoms with Gasteiger partial charge in [0.25, 0.3) is 11.8 Å². The van der Waals surface area contributed by atoms with E-state index in [9.17, 15) is 14.4 Å². The number of aryl methyl sites for hydroxylation is 1. The fourth-order valence-electron chi connectivity index (χ4n) is 5.25. The van der Waals surface area contributed by atoms with Gasteiger partial charge in [-0.15, -0.1) is 5.10 Å². The van der Waals surface area contributed by atoms with Crippen LogP contribution in [0.25, 0.3) is 11.1 Å². The molecular weight excluding hydrogens is 470 g/mol. The highest BCUT2D eigenvalue weighted by atomic mass is 16.6. The van der Waals surface area contributed by atoms with E-state index < -0.39 is 17.5 Å². The first-order valence-electron chi connectivity index (χ1n) is 12.8. The molecule has 1 saturated heterocycles. The number of amides is 2. The van der Waals surface area contributed by atoms with Crippen molar-refractivity contribution in [1.29, 1.82) is 0 Å². The third-order valence-corrected chi connectivity index (χ3v) is 7.45. The van der Waals surface area contributed by atoms with Gasteiger partial charge in [-0.25, -0.2) is 9.48 Å². The van der Waals surface area contributed by atoms with Crippen molar-refractivity contribution in [2.75, 3.05) is 13.1 Å². The van der Waals surface area contributed by atoms with Gasteiger partial charge in [-0.05, 0) is 68.7 Å². The highest BCUT2D eigenvalue weighted by Gasteiger charge is 2.45. The minimum Gasteiger partial charge on any atom is -0.445 e. The lowest BCUT2D eigenvalue weighted by Crippen LogP contribution is -2.50. The van der Waals surface area contributed by atoms with Gasteiger partial charge in [0.05, 0.1) is 17.8 Å². The summed E-state index contributed by atoms with van der Waals surface area (Å²) in [6.07, 6.45) is 5.25. The third-order valence-electron chi connectivity index (χ3n) is 7.45. The summed E-state index contributed by atoms with van der Waals surface area (Å²) >= 11 is 0. The number of carbonyl (C=O) groups excluding carboxylic acids is 3. The van der Waals surface area contributed by atoms with Crippen LogP contribution in [0.4, 0.5) is 0 Å². The van der Waals surface area contributed by atoms with Crippen LogP contribution in [0.1, 0.15) is 71.0 Å². The van der Waals surface area contributed by atoms with Gasteiger partial charge in [0.2, 0.25) is 0 Å². The molecule has 37 heavy (non-hydrogen) atoms. The van der Waals surface area contributed by atoms with Crippen molar-refractivity contribution in [2.24, 2.45) is 5.73 Å². The number of ether oxygens (including phenoxy) is 1. The van der Waals surface area contributed by atoms with Gasteiger partial charge in [-0.3, -0.25) is 9.59 Å². The van der Waals surface area contributed by atoms with Crippen LogP contribution in [0.2, 0.25) is 0 Å². The summed E-state index contributed by atoms with van der Waals surface area (Å²) in [5.41, 5.74) is 8.07. The number of nitrogens with zero attached hydrogens (tertiary/aromatic N) is 4. The van der Waals surface area contributed by atoms with E-state index in [1.807, 2.05) is 37.3 Å². The Morgan fingerprint density at radius 1 is 1.00 bits per heavy atom. The fourth-order valence-corrected chi connectivity index (χ4v) is 5.25. The lowest BCUT2D eigenvalue weighted by molar-refractivity contribution is -0.141. The number of carbonyl (C=O) groups is 3. The van der Waals surface area contributed by atoms with Gasteiger partial charge in [0, 0.05) is 13.1 Å². The van der Waals surface area contributed by atoms with Gasteiger partial charge < -0.3 is 15.4 Å². The van der Waals surface area contributed by atoms with E-state index in [1.54, 1.807) is 34.0 Å².